The maximum Gasteiger partial charge on any atom is 0.255 e. The molecular weight excluding hydrogens is 328 g/mol. The van der Waals surface area contributed by atoms with Gasteiger partial charge >= 0.3 is 0 Å². The lowest BCUT2D eigenvalue weighted by atomic mass is 9.89. The minimum Gasteiger partial charge on any atom is -0.484 e. The van der Waals surface area contributed by atoms with Gasteiger partial charge in [0.25, 0.3) is 11.8 Å². The fourth-order valence-corrected chi connectivity index (χ4v) is 3.24. The summed E-state index contributed by atoms with van der Waals surface area (Å²) in [6, 6.07) is 13.1. The second-order valence-corrected chi connectivity index (χ2v) is 6.71. The molecule has 3 N–H and O–H groups in total. The maximum atomic E-state index is 12.5. The molecule has 5 heteroatoms. The molecule has 0 spiro atoms. The van der Waals surface area contributed by atoms with Crippen molar-refractivity contribution in [1.29, 1.82) is 0 Å². The molecule has 0 heterocycles. The highest BCUT2D eigenvalue weighted by molar-refractivity contribution is 5.94. The molecule has 0 radical (unpaired) electrons. The van der Waals surface area contributed by atoms with E-state index in [-0.39, 0.29) is 18.6 Å². The number of aryl methyl sites for hydroxylation is 2. The average molecular weight is 352 g/mol. The third-order valence-electron chi connectivity index (χ3n) is 4.72. The molecular formula is C21H24N2O3. The van der Waals surface area contributed by atoms with Crippen molar-refractivity contribution in [2.45, 2.75) is 38.6 Å². The molecule has 136 valence electrons. The molecule has 0 fully saturated rings. The normalized spacial score (nSPS) is 14.2. The number of hydrogen-bond donors (Lipinski definition) is 2. The standard InChI is InChI=1S/C21H24N2O3/c1-14(17-7-6-15-4-2-3-5-18(15)12-17)23-21(25)16-8-10-19(11-9-16)26-13-20(22)24/h6-12,14H,2-5,13H2,1H3,(H2,22,24)(H,23,25). The number of carbonyl (C=O) groups is 2. The highest BCUT2D eigenvalue weighted by Gasteiger charge is 2.15. The topological polar surface area (TPSA) is 81.4 Å². The van der Waals surface area contributed by atoms with E-state index < -0.39 is 5.91 Å². The van der Waals surface area contributed by atoms with Gasteiger partial charge in [0.15, 0.2) is 6.61 Å². The van der Waals surface area contributed by atoms with E-state index in [0.29, 0.717) is 11.3 Å². The first-order valence-corrected chi connectivity index (χ1v) is 8.96. The van der Waals surface area contributed by atoms with Crippen molar-refractivity contribution in [2.24, 2.45) is 5.73 Å². The fraction of sp³-hybridized carbons (Fsp3) is 0.333. The molecule has 0 saturated carbocycles. The molecule has 2 aromatic rings. The number of nitrogens with one attached hydrogen (secondary N) is 1. The summed E-state index contributed by atoms with van der Waals surface area (Å²) in [4.78, 5) is 23.2. The summed E-state index contributed by atoms with van der Waals surface area (Å²) in [5.74, 6) is -0.176. The van der Waals surface area contributed by atoms with Gasteiger partial charge < -0.3 is 15.8 Å². The number of primary amides is 1. The summed E-state index contributed by atoms with van der Waals surface area (Å²) in [6.07, 6.45) is 4.77. The number of amides is 2. The minimum atomic E-state index is -0.536. The molecule has 0 aromatic heterocycles. The molecule has 2 amide bonds. The van der Waals surface area contributed by atoms with Gasteiger partial charge in [0, 0.05) is 5.56 Å². The van der Waals surface area contributed by atoms with Gasteiger partial charge in [-0.2, -0.15) is 0 Å². The van der Waals surface area contributed by atoms with E-state index in [1.165, 1.54) is 24.0 Å². The smallest absolute Gasteiger partial charge is 0.255 e. The number of benzene rings is 2. The largest absolute Gasteiger partial charge is 0.484 e. The van der Waals surface area contributed by atoms with Gasteiger partial charge in [-0.3, -0.25) is 9.59 Å². The average Bonchev–Trinajstić information content (AvgIpc) is 2.66. The number of ether oxygens (including phenoxy) is 1. The molecule has 1 atom stereocenters. The Hall–Kier alpha value is -2.82. The highest BCUT2D eigenvalue weighted by atomic mass is 16.5. The van der Waals surface area contributed by atoms with Gasteiger partial charge in [-0.1, -0.05) is 18.2 Å². The first-order valence-electron chi connectivity index (χ1n) is 8.96. The van der Waals surface area contributed by atoms with Crippen molar-refractivity contribution in [2.75, 3.05) is 6.61 Å². The number of rotatable bonds is 6. The summed E-state index contributed by atoms with van der Waals surface area (Å²) in [6.45, 7) is 1.81. The molecule has 2 aromatic carbocycles. The zero-order valence-electron chi connectivity index (χ0n) is 15.0. The van der Waals surface area contributed by atoms with E-state index in [1.807, 2.05) is 6.92 Å². The van der Waals surface area contributed by atoms with E-state index in [2.05, 4.69) is 23.5 Å². The first-order chi connectivity index (χ1) is 12.5. The van der Waals surface area contributed by atoms with Crippen molar-refractivity contribution in [3.8, 4) is 5.75 Å². The van der Waals surface area contributed by atoms with E-state index in [9.17, 15) is 9.59 Å². The monoisotopic (exact) mass is 352 g/mol. The predicted octanol–water partition coefficient (Wildman–Crippen LogP) is 2.92. The molecule has 3 rings (SSSR count). The predicted molar refractivity (Wildman–Crippen MR) is 100 cm³/mol. The Morgan fingerprint density at radius 1 is 1.08 bits per heavy atom. The lowest BCUT2D eigenvalue weighted by molar-refractivity contribution is -0.119. The molecule has 0 saturated heterocycles. The van der Waals surface area contributed by atoms with Crippen LogP contribution in [0.3, 0.4) is 0 Å². The Bertz CT molecular complexity index is 799. The minimum absolute atomic E-state index is 0.0690. The third kappa shape index (κ3) is 4.42. The number of nitrogens with two attached hydrogens (primary N) is 1. The van der Waals surface area contributed by atoms with Gasteiger partial charge in [-0.25, -0.2) is 0 Å². The van der Waals surface area contributed by atoms with Gasteiger partial charge in [0.05, 0.1) is 6.04 Å². The molecule has 5 nitrogen and oxygen atoms in total. The van der Waals surface area contributed by atoms with Crippen molar-refractivity contribution in [1.82, 2.24) is 5.32 Å². The summed E-state index contributed by atoms with van der Waals surface area (Å²) in [5.41, 5.74) is 9.55. The molecule has 26 heavy (non-hydrogen) atoms. The van der Waals surface area contributed by atoms with Gasteiger partial charge in [0.2, 0.25) is 0 Å². The number of hydrogen-bond acceptors (Lipinski definition) is 3. The highest BCUT2D eigenvalue weighted by Crippen LogP contribution is 2.25. The van der Waals surface area contributed by atoms with E-state index in [0.717, 1.165) is 18.4 Å². The maximum absolute atomic E-state index is 12.5. The lowest BCUT2D eigenvalue weighted by Gasteiger charge is -2.20. The summed E-state index contributed by atoms with van der Waals surface area (Å²) in [7, 11) is 0. The van der Waals surface area contributed by atoms with Crippen LogP contribution in [0.2, 0.25) is 0 Å². The van der Waals surface area contributed by atoms with Crippen LogP contribution in [-0.2, 0) is 17.6 Å². The van der Waals surface area contributed by atoms with Crippen LogP contribution in [0, 0.1) is 0 Å². The number of carbonyl (C=O) groups excluding carboxylic acids is 2. The van der Waals surface area contributed by atoms with Crippen LogP contribution in [0.5, 0.6) is 5.75 Å². The zero-order chi connectivity index (χ0) is 18.5. The van der Waals surface area contributed by atoms with Crippen molar-refractivity contribution in [3.63, 3.8) is 0 Å². The first kappa shape index (κ1) is 18.0. The molecule has 0 bridgehead atoms. The Balaban J connectivity index is 1.62. The van der Waals surface area contributed by atoms with Crippen molar-refractivity contribution < 1.29 is 14.3 Å². The van der Waals surface area contributed by atoms with Crippen LogP contribution in [0.1, 0.15) is 52.9 Å². The van der Waals surface area contributed by atoms with Crippen LogP contribution in [0.25, 0.3) is 0 Å². The summed E-state index contributed by atoms with van der Waals surface area (Å²) < 4.78 is 5.20. The van der Waals surface area contributed by atoms with E-state index in [1.54, 1.807) is 24.3 Å². The van der Waals surface area contributed by atoms with Crippen LogP contribution in [-0.4, -0.2) is 18.4 Å². The summed E-state index contributed by atoms with van der Waals surface area (Å²) in [5, 5.41) is 3.04. The zero-order valence-corrected chi connectivity index (χ0v) is 15.0. The summed E-state index contributed by atoms with van der Waals surface area (Å²) >= 11 is 0. The Morgan fingerprint density at radius 3 is 2.46 bits per heavy atom. The SMILES string of the molecule is CC(NC(=O)c1ccc(OCC(N)=O)cc1)c1ccc2c(c1)CCCC2. The Kier molecular flexibility index (Phi) is 5.56. The van der Waals surface area contributed by atoms with Crippen LogP contribution in [0.4, 0.5) is 0 Å². The lowest BCUT2D eigenvalue weighted by Crippen LogP contribution is -2.26. The molecule has 1 unspecified atom stereocenters. The number of fused-ring (bicyclic) bond motifs is 1. The van der Waals surface area contributed by atoms with Crippen molar-refractivity contribution in [3.05, 3.63) is 64.7 Å². The Morgan fingerprint density at radius 2 is 1.77 bits per heavy atom. The molecule has 1 aliphatic carbocycles. The van der Waals surface area contributed by atoms with Gasteiger partial charge in [0.1, 0.15) is 5.75 Å². The van der Waals surface area contributed by atoms with Crippen LogP contribution < -0.4 is 15.8 Å². The second kappa shape index (κ2) is 8.04. The van der Waals surface area contributed by atoms with E-state index >= 15 is 0 Å². The Labute approximate surface area is 153 Å². The second-order valence-electron chi connectivity index (χ2n) is 6.71. The third-order valence-corrected chi connectivity index (χ3v) is 4.72. The van der Waals surface area contributed by atoms with Gasteiger partial charge in [-0.05, 0) is 73.6 Å². The quantitative estimate of drug-likeness (QED) is 0.839. The van der Waals surface area contributed by atoms with Crippen LogP contribution >= 0.6 is 0 Å². The van der Waals surface area contributed by atoms with E-state index in [4.69, 9.17) is 10.5 Å². The fourth-order valence-electron chi connectivity index (χ4n) is 3.24. The van der Waals surface area contributed by atoms with Crippen LogP contribution in [0.15, 0.2) is 42.5 Å². The molecule has 1 aliphatic rings. The van der Waals surface area contributed by atoms with Crippen molar-refractivity contribution >= 4 is 11.8 Å². The van der Waals surface area contributed by atoms with Gasteiger partial charge in [-0.15, -0.1) is 0 Å². The molecule has 0 aliphatic heterocycles.